The van der Waals surface area contributed by atoms with Crippen molar-refractivity contribution in [3.63, 3.8) is 0 Å². The van der Waals surface area contributed by atoms with E-state index in [-0.39, 0.29) is 17.4 Å². The van der Waals surface area contributed by atoms with E-state index in [2.05, 4.69) is 10.3 Å². The zero-order chi connectivity index (χ0) is 23.1. The van der Waals surface area contributed by atoms with Crippen molar-refractivity contribution in [2.45, 2.75) is 12.6 Å². The summed E-state index contributed by atoms with van der Waals surface area (Å²) in [6.45, 7) is 2.99. The van der Waals surface area contributed by atoms with E-state index in [1.165, 1.54) is 18.3 Å². The van der Waals surface area contributed by atoms with Crippen LogP contribution in [0.2, 0.25) is 0 Å². The predicted molar refractivity (Wildman–Crippen MR) is 113 cm³/mol. The van der Waals surface area contributed by atoms with E-state index in [4.69, 9.17) is 4.74 Å². The Hall–Kier alpha value is -3.14. The van der Waals surface area contributed by atoms with Gasteiger partial charge >= 0.3 is 6.18 Å². The number of nitrogens with zero attached hydrogens (tertiary/aromatic N) is 3. The molecule has 0 spiro atoms. The largest absolute Gasteiger partial charge is 0.416 e. The number of halogens is 3. The molecule has 1 saturated heterocycles. The summed E-state index contributed by atoms with van der Waals surface area (Å²) < 4.78 is 43.0. The number of carbonyl (C=O) groups is 2. The molecule has 1 aliphatic heterocycles. The van der Waals surface area contributed by atoms with Gasteiger partial charge in [-0.1, -0.05) is 0 Å². The molecule has 0 saturated carbocycles. The number of nitrogens with one attached hydrogen (secondary N) is 1. The zero-order valence-corrected chi connectivity index (χ0v) is 17.7. The first-order valence-corrected chi connectivity index (χ1v) is 10.2. The highest BCUT2D eigenvalue weighted by molar-refractivity contribution is 5.95. The van der Waals surface area contributed by atoms with Crippen molar-refractivity contribution in [3.8, 4) is 0 Å². The number of carbonyl (C=O) groups excluding carboxylic acids is 2. The summed E-state index contributed by atoms with van der Waals surface area (Å²) in [6.07, 6.45) is -2.19. The fourth-order valence-corrected chi connectivity index (χ4v) is 3.35. The number of alkyl halides is 3. The molecule has 0 unspecified atom stereocenters. The molecule has 172 valence electrons. The summed E-state index contributed by atoms with van der Waals surface area (Å²) in [7, 11) is 1.61. The van der Waals surface area contributed by atoms with Crippen LogP contribution in [0.25, 0.3) is 0 Å². The number of ether oxygens (including phenoxy) is 1. The van der Waals surface area contributed by atoms with Crippen molar-refractivity contribution in [3.05, 3.63) is 59.3 Å². The fourth-order valence-electron chi connectivity index (χ4n) is 3.35. The van der Waals surface area contributed by atoms with Crippen LogP contribution in [0.15, 0.2) is 42.6 Å². The van der Waals surface area contributed by atoms with Crippen molar-refractivity contribution in [1.82, 2.24) is 15.2 Å². The van der Waals surface area contributed by atoms with E-state index in [0.717, 1.165) is 18.6 Å². The summed E-state index contributed by atoms with van der Waals surface area (Å²) >= 11 is 0. The molecule has 1 aliphatic rings. The Kier molecular flexibility index (Phi) is 7.68. The van der Waals surface area contributed by atoms with Crippen molar-refractivity contribution < 1.29 is 27.5 Å². The first kappa shape index (κ1) is 23.5. The number of piperazine rings is 1. The average molecular weight is 450 g/mol. The monoisotopic (exact) mass is 450 g/mol. The van der Waals surface area contributed by atoms with Crippen molar-refractivity contribution in [2.24, 2.45) is 0 Å². The highest BCUT2D eigenvalue weighted by atomic mass is 19.4. The Bertz CT molecular complexity index is 910. The molecule has 2 amide bonds. The molecule has 1 aromatic heterocycles. The van der Waals surface area contributed by atoms with Crippen LogP contribution in [0, 0.1) is 0 Å². The Balaban J connectivity index is 1.52. The molecule has 0 atom stereocenters. The lowest BCUT2D eigenvalue weighted by molar-refractivity contribution is -0.137. The van der Waals surface area contributed by atoms with Gasteiger partial charge in [-0.15, -0.1) is 0 Å². The van der Waals surface area contributed by atoms with Gasteiger partial charge in [0.1, 0.15) is 5.82 Å². The Morgan fingerprint density at radius 3 is 2.25 bits per heavy atom. The molecular weight excluding hydrogens is 425 g/mol. The quantitative estimate of drug-likeness (QED) is 0.657. The smallest absolute Gasteiger partial charge is 0.385 e. The van der Waals surface area contributed by atoms with Gasteiger partial charge in [-0.3, -0.25) is 9.59 Å². The number of rotatable bonds is 7. The number of hydrogen-bond acceptors (Lipinski definition) is 5. The normalized spacial score (nSPS) is 14.4. The summed E-state index contributed by atoms with van der Waals surface area (Å²) in [4.78, 5) is 32.7. The zero-order valence-electron chi connectivity index (χ0n) is 17.7. The SMILES string of the molecule is COCCCNC(=O)c1ccc(N2CCN(C(=O)c3ccc(C(F)(F)F)cc3)CC2)nc1. The summed E-state index contributed by atoms with van der Waals surface area (Å²) in [5.74, 6) is 0.196. The van der Waals surface area contributed by atoms with Gasteiger partial charge in [0.25, 0.3) is 11.8 Å². The van der Waals surface area contributed by atoms with E-state index >= 15 is 0 Å². The lowest BCUT2D eigenvalue weighted by Crippen LogP contribution is -2.49. The maximum Gasteiger partial charge on any atom is 0.416 e. The Labute approximate surface area is 184 Å². The number of aromatic nitrogens is 1. The van der Waals surface area contributed by atoms with Crippen molar-refractivity contribution in [1.29, 1.82) is 0 Å². The first-order valence-electron chi connectivity index (χ1n) is 10.2. The number of amides is 2. The van der Waals surface area contributed by atoms with E-state index in [1.807, 2.05) is 4.90 Å². The lowest BCUT2D eigenvalue weighted by atomic mass is 10.1. The second-order valence-corrected chi connectivity index (χ2v) is 7.36. The predicted octanol–water partition coefficient (Wildman–Crippen LogP) is 2.83. The third-order valence-electron chi connectivity index (χ3n) is 5.17. The number of pyridine rings is 1. The van der Waals surface area contributed by atoms with E-state index < -0.39 is 11.7 Å². The van der Waals surface area contributed by atoms with E-state index in [0.29, 0.717) is 50.7 Å². The van der Waals surface area contributed by atoms with Crippen LogP contribution in [0.1, 0.15) is 32.7 Å². The molecule has 32 heavy (non-hydrogen) atoms. The van der Waals surface area contributed by atoms with Gasteiger partial charge in [0.15, 0.2) is 0 Å². The highest BCUT2D eigenvalue weighted by Crippen LogP contribution is 2.29. The van der Waals surface area contributed by atoms with Crippen LogP contribution in [0.3, 0.4) is 0 Å². The van der Waals surface area contributed by atoms with Gasteiger partial charge < -0.3 is 19.9 Å². The third-order valence-corrected chi connectivity index (χ3v) is 5.17. The molecule has 1 aromatic carbocycles. The molecular formula is C22H25F3N4O3. The molecule has 1 fully saturated rings. The molecule has 0 aliphatic carbocycles. The van der Waals surface area contributed by atoms with E-state index in [9.17, 15) is 22.8 Å². The standard InChI is InChI=1S/C22H25F3N4O3/c1-32-14-2-9-26-20(30)17-5-8-19(27-15-17)28-10-12-29(13-11-28)21(31)16-3-6-18(7-4-16)22(23,24)25/h3-8,15H,2,9-14H2,1H3,(H,26,30). The van der Waals surface area contributed by atoms with Gasteiger partial charge in [-0.05, 0) is 42.8 Å². The number of hydrogen-bond donors (Lipinski definition) is 1. The molecule has 3 rings (SSSR count). The van der Waals surface area contributed by atoms with Crippen LogP contribution in [0.5, 0.6) is 0 Å². The third kappa shape index (κ3) is 5.97. The van der Waals surface area contributed by atoms with Gasteiger partial charge in [0.05, 0.1) is 11.1 Å². The molecule has 2 heterocycles. The van der Waals surface area contributed by atoms with Crippen molar-refractivity contribution in [2.75, 3.05) is 51.3 Å². The second-order valence-electron chi connectivity index (χ2n) is 7.36. The fraction of sp³-hybridized carbons (Fsp3) is 0.409. The summed E-state index contributed by atoms with van der Waals surface area (Å²) in [5, 5.41) is 2.80. The number of benzene rings is 1. The van der Waals surface area contributed by atoms with Crippen LogP contribution >= 0.6 is 0 Å². The molecule has 7 nitrogen and oxygen atoms in total. The summed E-state index contributed by atoms with van der Waals surface area (Å²) in [5.41, 5.74) is -0.0928. The van der Waals surface area contributed by atoms with Crippen molar-refractivity contribution >= 4 is 17.6 Å². The highest BCUT2D eigenvalue weighted by Gasteiger charge is 2.30. The average Bonchev–Trinajstić information content (AvgIpc) is 2.81. The van der Waals surface area contributed by atoms with Crippen LogP contribution in [-0.2, 0) is 10.9 Å². The maximum atomic E-state index is 12.7. The van der Waals surface area contributed by atoms with Gasteiger partial charge in [0.2, 0.25) is 0 Å². The van der Waals surface area contributed by atoms with Gasteiger partial charge in [0, 0.05) is 58.2 Å². The topological polar surface area (TPSA) is 74.8 Å². The number of methoxy groups -OCH3 is 1. The minimum Gasteiger partial charge on any atom is -0.385 e. The molecule has 0 radical (unpaired) electrons. The second kappa shape index (κ2) is 10.4. The maximum absolute atomic E-state index is 12.7. The van der Waals surface area contributed by atoms with Crippen LogP contribution in [-0.4, -0.2) is 68.1 Å². The number of anilines is 1. The minimum absolute atomic E-state index is 0.202. The van der Waals surface area contributed by atoms with Gasteiger partial charge in [-0.25, -0.2) is 4.98 Å². The Morgan fingerprint density at radius 1 is 1.03 bits per heavy atom. The first-order chi connectivity index (χ1) is 15.3. The minimum atomic E-state index is -4.43. The lowest BCUT2D eigenvalue weighted by Gasteiger charge is -2.35. The van der Waals surface area contributed by atoms with Crippen LogP contribution < -0.4 is 10.2 Å². The Morgan fingerprint density at radius 2 is 1.69 bits per heavy atom. The van der Waals surface area contributed by atoms with E-state index in [1.54, 1.807) is 24.1 Å². The molecule has 0 bridgehead atoms. The summed E-state index contributed by atoms with van der Waals surface area (Å²) in [6, 6.07) is 7.72. The van der Waals surface area contributed by atoms with Gasteiger partial charge in [-0.2, -0.15) is 13.2 Å². The molecule has 1 N–H and O–H groups in total. The molecule has 10 heteroatoms. The molecule has 2 aromatic rings. The van der Waals surface area contributed by atoms with Crippen LogP contribution in [0.4, 0.5) is 19.0 Å².